The van der Waals surface area contributed by atoms with Gasteiger partial charge in [0.05, 0.1) is 0 Å². The van der Waals surface area contributed by atoms with E-state index >= 15 is 0 Å². The van der Waals surface area contributed by atoms with Gasteiger partial charge in [0.25, 0.3) is 0 Å². The van der Waals surface area contributed by atoms with E-state index in [4.69, 9.17) is 5.73 Å². The largest absolute Gasteiger partial charge is 0.330 e. The van der Waals surface area contributed by atoms with E-state index in [1.54, 1.807) is 0 Å². The maximum Gasteiger partial charge on any atom is 0.189 e. The predicted molar refractivity (Wildman–Crippen MR) is 62.2 cm³/mol. The van der Waals surface area contributed by atoms with Gasteiger partial charge < -0.3 is 5.73 Å². The van der Waals surface area contributed by atoms with E-state index in [1.807, 2.05) is 13.1 Å². The summed E-state index contributed by atoms with van der Waals surface area (Å²) in [6.45, 7) is 2.68. The molecule has 0 aliphatic heterocycles. The van der Waals surface area contributed by atoms with Gasteiger partial charge in [-0.3, -0.25) is 5.10 Å². The zero-order valence-electron chi connectivity index (χ0n) is 8.97. The molecule has 6 heteroatoms. The molecule has 84 valence electrons. The van der Waals surface area contributed by atoms with Gasteiger partial charge in [-0.1, -0.05) is 6.07 Å². The van der Waals surface area contributed by atoms with Gasteiger partial charge in [0.2, 0.25) is 0 Å². The lowest BCUT2D eigenvalue weighted by atomic mass is 10.2. The van der Waals surface area contributed by atoms with Crippen LogP contribution in [0.15, 0.2) is 28.8 Å². The summed E-state index contributed by atoms with van der Waals surface area (Å²) in [7, 11) is 0. The molecule has 0 atom stereocenters. The number of nitrogens with zero attached hydrogens (tertiary/aromatic N) is 3. The van der Waals surface area contributed by atoms with Crippen molar-refractivity contribution in [2.45, 2.75) is 23.5 Å². The second-order valence-corrected chi connectivity index (χ2v) is 4.37. The number of nitrogens with two attached hydrogens (primary N) is 1. The molecular formula is C10H13N5S. The van der Waals surface area contributed by atoms with Crippen LogP contribution in [0.4, 0.5) is 0 Å². The molecule has 2 aromatic heterocycles. The average molecular weight is 235 g/mol. The van der Waals surface area contributed by atoms with E-state index in [1.165, 1.54) is 23.7 Å². The van der Waals surface area contributed by atoms with Gasteiger partial charge in [0, 0.05) is 6.20 Å². The van der Waals surface area contributed by atoms with E-state index in [2.05, 4.69) is 26.2 Å². The maximum absolute atomic E-state index is 5.50. The quantitative estimate of drug-likeness (QED) is 0.831. The summed E-state index contributed by atoms with van der Waals surface area (Å²) in [6.07, 6.45) is 4.21. The minimum atomic E-state index is 0.649. The van der Waals surface area contributed by atoms with E-state index in [0.717, 1.165) is 22.2 Å². The molecule has 0 fully saturated rings. The molecule has 0 unspecified atom stereocenters. The number of hydrogen-bond acceptors (Lipinski definition) is 5. The van der Waals surface area contributed by atoms with E-state index in [0.29, 0.717) is 6.54 Å². The number of hydrogen-bond donors (Lipinski definition) is 2. The fourth-order valence-corrected chi connectivity index (χ4v) is 2.07. The Morgan fingerprint density at radius 2 is 2.31 bits per heavy atom. The molecule has 3 N–H and O–H groups in total. The molecule has 0 aliphatic rings. The second-order valence-electron chi connectivity index (χ2n) is 3.40. The van der Waals surface area contributed by atoms with Crippen LogP contribution in [-0.4, -0.2) is 26.7 Å². The fraction of sp³-hybridized carbons (Fsp3) is 0.300. The van der Waals surface area contributed by atoms with Crippen LogP contribution in [0.5, 0.6) is 0 Å². The molecular weight excluding hydrogens is 222 g/mol. The van der Waals surface area contributed by atoms with Gasteiger partial charge in [-0.2, -0.15) is 5.10 Å². The van der Waals surface area contributed by atoms with Crippen molar-refractivity contribution in [2.24, 2.45) is 5.73 Å². The Balaban J connectivity index is 2.16. The third-order valence-electron chi connectivity index (χ3n) is 2.11. The van der Waals surface area contributed by atoms with Gasteiger partial charge in [0.15, 0.2) is 5.16 Å². The zero-order chi connectivity index (χ0) is 11.4. The number of nitrogens with one attached hydrogen (secondary N) is 1. The Bertz CT molecular complexity index is 454. The molecule has 5 nitrogen and oxygen atoms in total. The molecule has 0 amide bonds. The summed E-state index contributed by atoms with van der Waals surface area (Å²) in [4.78, 5) is 8.44. The highest BCUT2D eigenvalue weighted by Gasteiger charge is 2.05. The average Bonchev–Trinajstić information content (AvgIpc) is 2.75. The highest BCUT2D eigenvalue weighted by atomic mass is 32.2. The molecule has 2 aromatic rings. The van der Waals surface area contributed by atoms with Crippen molar-refractivity contribution in [1.82, 2.24) is 20.2 Å². The van der Waals surface area contributed by atoms with Crippen LogP contribution in [0.25, 0.3) is 0 Å². The summed E-state index contributed by atoms with van der Waals surface area (Å²) in [5.74, 6) is 0. The number of aryl methyl sites for hydroxylation is 1. The number of aromatic amines is 1. The normalized spacial score (nSPS) is 10.6. The molecule has 0 bridgehead atoms. The van der Waals surface area contributed by atoms with Crippen molar-refractivity contribution in [3.05, 3.63) is 29.7 Å². The lowest BCUT2D eigenvalue weighted by Gasteiger charge is -2.04. The third-order valence-corrected chi connectivity index (χ3v) is 3.12. The first-order valence-corrected chi connectivity index (χ1v) is 5.80. The van der Waals surface area contributed by atoms with Crippen molar-refractivity contribution in [2.75, 3.05) is 6.54 Å². The van der Waals surface area contributed by atoms with Crippen molar-refractivity contribution < 1.29 is 0 Å². The van der Waals surface area contributed by atoms with Crippen LogP contribution < -0.4 is 5.73 Å². The third kappa shape index (κ3) is 2.59. The monoisotopic (exact) mass is 235 g/mol. The number of aromatic nitrogens is 4. The van der Waals surface area contributed by atoms with E-state index in [-0.39, 0.29) is 0 Å². The molecule has 2 rings (SSSR count). The van der Waals surface area contributed by atoms with E-state index < -0.39 is 0 Å². The Morgan fingerprint density at radius 3 is 2.94 bits per heavy atom. The van der Waals surface area contributed by atoms with E-state index in [9.17, 15) is 0 Å². The summed E-state index contributed by atoms with van der Waals surface area (Å²) >= 11 is 1.48. The van der Waals surface area contributed by atoms with Gasteiger partial charge >= 0.3 is 0 Å². The van der Waals surface area contributed by atoms with Crippen molar-refractivity contribution in [3.8, 4) is 0 Å². The first kappa shape index (κ1) is 11.1. The van der Waals surface area contributed by atoms with Crippen molar-refractivity contribution in [1.29, 1.82) is 0 Å². The van der Waals surface area contributed by atoms with Crippen molar-refractivity contribution in [3.63, 3.8) is 0 Å². The highest BCUT2D eigenvalue weighted by Crippen LogP contribution is 2.25. The molecule has 0 aliphatic carbocycles. The molecule has 0 saturated carbocycles. The zero-order valence-corrected chi connectivity index (χ0v) is 9.79. The van der Waals surface area contributed by atoms with Crippen LogP contribution in [0.1, 0.15) is 11.1 Å². The van der Waals surface area contributed by atoms with Crippen LogP contribution in [0.3, 0.4) is 0 Å². The minimum absolute atomic E-state index is 0.649. The molecule has 0 aromatic carbocycles. The maximum atomic E-state index is 5.50. The number of rotatable bonds is 4. The summed E-state index contributed by atoms with van der Waals surface area (Å²) in [6, 6.07) is 2.11. The molecule has 0 radical (unpaired) electrons. The minimum Gasteiger partial charge on any atom is -0.330 e. The van der Waals surface area contributed by atoms with Gasteiger partial charge in [-0.05, 0) is 42.8 Å². The standard InChI is InChI=1S/C10H13N5S/c1-7-4-8(2-3-11)5-12-9(7)16-10-13-6-14-15-10/h4-6H,2-3,11H2,1H3,(H,13,14,15). The summed E-state index contributed by atoms with van der Waals surface area (Å²) < 4.78 is 0. The predicted octanol–water partition coefficient (Wildman–Crippen LogP) is 1.16. The smallest absolute Gasteiger partial charge is 0.189 e. The summed E-state index contributed by atoms with van der Waals surface area (Å²) in [5.41, 5.74) is 7.80. The Labute approximate surface area is 97.9 Å². The number of H-pyrrole nitrogens is 1. The topological polar surface area (TPSA) is 80.5 Å². The first-order valence-electron chi connectivity index (χ1n) is 4.98. The fourth-order valence-electron chi connectivity index (χ4n) is 1.37. The van der Waals surface area contributed by atoms with Crippen LogP contribution >= 0.6 is 11.8 Å². The molecule has 0 spiro atoms. The Morgan fingerprint density at radius 1 is 1.44 bits per heavy atom. The van der Waals surface area contributed by atoms with Crippen molar-refractivity contribution >= 4 is 11.8 Å². The Kier molecular flexibility index (Phi) is 3.53. The highest BCUT2D eigenvalue weighted by molar-refractivity contribution is 7.99. The molecule has 0 saturated heterocycles. The second kappa shape index (κ2) is 5.09. The van der Waals surface area contributed by atoms with Crippen LogP contribution in [-0.2, 0) is 6.42 Å². The van der Waals surface area contributed by atoms with Crippen LogP contribution in [0, 0.1) is 6.92 Å². The molecule has 16 heavy (non-hydrogen) atoms. The number of pyridine rings is 1. The SMILES string of the molecule is Cc1cc(CCN)cnc1Sc1ncn[nH]1. The first-order chi connectivity index (χ1) is 7.79. The van der Waals surface area contributed by atoms with Crippen LogP contribution in [0.2, 0.25) is 0 Å². The molecule has 2 heterocycles. The lowest BCUT2D eigenvalue weighted by Crippen LogP contribution is -2.03. The Hall–Kier alpha value is -1.40. The summed E-state index contributed by atoms with van der Waals surface area (Å²) in [5, 5.41) is 8.28. The van der Waals surface area contributed by atoms with Gasteiger partial charge in [-0.25, -0.2) is 9.97 Å². The van der Waals surface area contributed by atoms with Gasteiger partial charge in [0.1, 0.15) is 11.4 Å². The lowest BCUT2D eigenvalue weighted by molar-refractivity contribution is 0.929. The van der Waals surface area contributed by atoms with Gasteiger partial charge in [-0.15, -0.1) is 0 Å².